The van der Waals surface area contributed by atoms with E-state index in [-0.39, 0.29) is 6.42 Å². The molecule has 0 N–H and O–H groups in total. The predicted octanol–water partition coefficient (Wildman–Crippen LogP) is 1.52. The van der Waals surface area contributed by atoms with Crippen molar-refractivity contribution in [2.45, 2.75) is 19.3 Å². The molecule has 2 rings (SSSR count). The minimum Gasteiger partial charge on any atom is -0.356 e. The highest BCUT2D eigenvalue weighted by molar-refractivity contribution is 7.86. The van der Waals surface area contributed by atoms with Crippen molar-refractivity contribution in [1.29, 1.82) is 0 Å². The molecule has 1 fully saturated rings. The minimum atomic E-state index is -4.41. The minimum absolute atomic E-state index is 0.179. The zero-order valence-electron chi connectivity index (χ0n) is 9.47. The van der Waals surface area contributed by atoms with Crippen molar-refractivity contribution in [3.8, 4) is 0 Å². The molecule has 94 valence electrons. The molecule has 2 heterocycles. The van der Waals surface area contributed by atoms with Crippen LogP contribution in [0.3, 0.4) is 0 Å². The standard InChI is InChI=1S/C11H15FN2O2S/c12-17(15,16)9-5-10-4-3-6-13-11(10)14-7-1-2-8-14/h3-4,6H,1-2,5,7-9H2. The van der Waals surface area contributed by atoms with E-state index in [1.807, 2.05) is 6.07 Å². The van der Waals surface area contributed by atoms with Crippen molar-refractivity contribution < 1.29 is 12.3 Å². The second-order valence-corrected chi connectivity index (χ2v) is 5.66. The van der Waals surface area contributed by atoms with E-state index in [1.165, 1.54) is 0 Å². The first-order valence-corrected chi connectivity index (χ1v) is 7.23. The third-order valence-electron chi connectivity index (χ3n) is 2.89. The van der Waals surface area contributed by atoms with Gasteiger partial charge in [-0.3, -0.25) is 0 Å². The van der Waals surface area contributed by atoms with Gasteiger partial charge < -0.3 is 4.90 Å². The highest BCUT2D eigenvalue weighted by Gasteiger charge is 2.18. The molecule has 1 saturated heterocycles. The monoisotopic (exact) mass is 258 g/mol. The second kappa shape index (κ2) is 5.00. The van der Waals surface area contributed by atoms with E-state index in [0.717, 1.165) is 37.3 Å². The van der Waals surface area contributed by atoms with Gasteiger partial charge in [0.25, 0.3) is 0 Å². The van der Waals surface area contributed by atoms with E-state index in [9.17, 15) is 12.3 Å². The number of hydrogen-bond acceptors (Lipinski definition) is 4. The van der Waals surface area contributed by atoms with Crippen LogP contribution in [0.2, 0.25) is 0 Å². The maximum absolute atomic E-state index is 12.5. The molecule has 0 saturated carbocycles. The van der Waals surface area contributed by atoms with Gasteiger partial charge in [0.1, 0.15) is 5.82 Å². The summed E-state index contributed by atoms with van der Waals surface area (Å²) >= 11 is 0. The summed E-state index contributed by atoms with van der Waals surface area (Å²) in [5.41, 5.74) is 0.802. The molecule has 0 radical (unpaired) electrons. The fourth-order valence-corrected chi connectivity index (χ4v) is 2.53. The summed E-state index contributed by atoms with van der Waals surface area (Å²) < 4.78 is 33.6. The Hall–Kier alpha value is -1.17. The van der Waals surface area contributed by atoms with Gasteiger partial charge in [0.05, 0.1) is 5.75 Å². The molecule has 0 amide bonds. The Morgan fingerprint density at radius 1 is 1.35 bits per heavy atom. The lowest BCUT2D eigenvalue weighted by atomic mass is 10.2. The number of anilines is 1. The summed E-state index contributed by atoms with van der Waals surface area (Å²) in [4.78, 5) is 6.40. The topological polar surface area (TPSA) is 50.3 Å². The second-order valence-electron chi connectivity index (χ2n) is 4.17. The van der Waals surface area contributed by atoms with Gasteiger partial charge in [0.2, 0.25) is 0 Å². The number of aromatic nitrogens is 1. The smallest absolute Gasteiger partial charge is 0.302 e. The van der Waals surface area contributed by atoms with Crippen LogP contribution < -0.4 is 4.90 Å². The van der Waals surface area contributed by atoms with Gasteiger partial charge in [-0.15, -0.1) is 3.89 Å². The zero-order chi connectivity index (χ0) is 12.3. The van der Waals surface area contributed by atoms with Crippen LogP contribution in [0.5, 0.6) is 0 Å². The molecule has 0 bridgehead atoms. The number of halogens is 1. The van der Waals surface area contributed by atoms with Gasteiger partial charge in [0, 0.05) is 19.3 Å². The summed E-state index contributed by atoms with van der Waals surface area (Å²) in [5, 5.41) is 0. The molecule has 1 aliphatic heterocycles. The Morgan fingerprint density at radius 3 is 2.71 bits per heavy atom. The van der Waals surface area contributed by atoms with Crippen molar-refractivity contribution in [2.24, 2.45) is 0 Å². The summed E-state index contributed by atoms with van der Waals surface area (Å²) in [6.45, 7) is 1.87. The van der Waals surface area contributed by atoms with Crippen LogP contribution in [0, 0.1) is 0 Å². The highest BCUT2D eigenvalue weighted by atomic mass is 32.3. The summed E-state index contributed by atoms with van der Waals surface area (Å²) in [7, 11) is -4.41. The van der Waals surface area contributed by atoms with Gasteiger partial charge in [-0.05, 0) is 30.9 Å². The number of rotatable bonds is 4. The van der Waals surface area contributed by atoms with Crippen molar-refractivity contribution in [3.63, 3.8) is 0 Å². The maximum atomic E-state index is 12.5. The zero-order valence-corrected chi connectivity index (χ0v) is 10.3. The lowest BCUT2D eigenvalue weighted by Gasteiger charge is -2.19. The maximum Gasteiger partial charge on any atom is 0.302 e. The summed E-state index contributed by atoms with van der Waals surface area (Å²) in [6.07, 6.45) is 4.11. The first-order chi connectivity index (χ1) is 8.06. The van der Waals surface area contributed by atoms with E-state index in [1.54, 1.807) is 12.3 Å². The normalized spacial score (nSPS) is 16.4. The number of nitrogens with zero attached hydrogens (tertiary/aromatic N) is 2. The molecule has 0 atom stereocenters. The number of pyridine rings is 1. The first kappa shape index (κ1) is 12.3. The third kappa shape index (κ3) is 3.39. The molecule has 1 aliphatic rings. The quantitative estimate of drug-likeness (QED) is 0.768. The van der Waals surface area contributed by atoms with Crippen LogP contribution in [-0.2, 0) is 16.6 Å². The largest absolute Gasteiger partial charge is 0.356 e. The molecule has 1 aromatic rings. The van der Waals surface area contributed by atoms with E-state index < -0.39 is 16.0 Å². The van der Waals surface area contributed by atoms with E-state index in [0.29, 0.717) is 0 Å². The predicted molar refractivity (Wildman–Crippen MR) is 64.3 cm³/mol. The van der Waals surface area contributed by atoms with Gasteiger partial charge in [-0.2, -0.15) is 8.42 Å². The fourth-order valence-electron chi connectivity index (χ4n) is 2.07. The van der Waals surface area contributed by atoms with E-state index in [2.05, 4.69) is 9.88 Å². The Bertz CT molecular complexity index is 484. The van der Waals surface area contributed by atoms with Crippen molar-refractivity contribution in [2.75, 3.05) is 23.7 Å². The van der Waals surface area contributed by atoms with Gasteiger partial charge in [-0.25, -0.2) is 4.98 Å². The molecule has 1 aromatic heterocycles. The average molecular weight is 258 g/mol. The van der Waals surface area contributed by atoms with E-state index >= 15 is 0 Å². The lowest BCUT2D eigenvalue weighted by Crippen LogP contribution is -2.21. The SMILES string of the molecule is O=S(=O)(F)CCc1cccnc1N1CCCC1. The molecule has 0 aliphatic carbocycles. The van der Waals surface area contributed by atoms with Crippen molar-refractivity contribution >= 4 is 16.0 Å². The third-order valence-corrected chi connectivity index (χ3v) is 3.58. The van der Waals surface area contributed by atoms with Crippen LogP contribution >= 0.6 is 0 Å². The Kier molecular flexibility index (Phi) is 3.61. The molecule has 0 spiro atoms. The number of aryl methyl sites for hydroxylation is 1. The number of hydrogen-bond donors (Lipinski definition) is 0. The van der Waals surface area contributed by atoms with Crippen LogP contribution in [-0.4, -0.2) is 32.2 Å². The van der Waals surface area contributed by atoms with Crippen LogP contribution in [0.25, 0.3) is 0 Å². The Balaban J connectivity index is 2.15. The average Bonchev–Trinajstić information content (AvgIpc) is 2.79. The molecule has 17 heavy (non-hydrogen) atoms. The van der Waals surface area contributed by atoms with Gasteiger partial charge in [0.15, 0.2) is 0 Å². The van der Waals surface area contributed by atoms with Crippen LogP contribution in [0.1, 0.15) is 18.4 Å². The highest BCUT2D eigenvalue weighted by Crippen LogP contribution is 2.22. The Labute approximate surface area is 101 Å². The van der Waals surface area contributed by atoms with Crippen LogP contribution in [0.15, 0.2) is 18.3 Å². The van der Waals surface area contributed by atoms with Crippen LogP contribution in [0.4, 0.5) is 9.70 Å². The first-order valence-electron chi connectivity index (χ1n) is 5.67. The fraction of sp³-hybridized carbons (Fsp3) is 0.545. The molecular formula is C11H15FN2O2S. The Morgan fingerprint density at radius 2 is 2.06 bits per heavy atom. The van der Waals surface area contributed by atoms with Crippen molar-refractivity contribution in [1.82, 2.24) is 4.98 Å². The molecular weight excluding hydrogens is 243 g/mol. The molecule has 4 nitrogen and oxygen atoms in total. The van der Waals surface area contributed by atoms with Crippen molar-refractivity contribution in [3.05, 3.63) is 23.9 Å². The van der Waals surface area contributed by atoms with Gasteiger partial charge >= 0.3 is 10.2 Å². The summed E-state index contributed by atoms with van der Waals surface area (Å²) in [6, 6.07) is 3.56. The summed E-state index contributed by atoms with van der Waals surface area (Å²) in [5.74, 6) is 0.327. The van der Waals surface area contributed by atoms with E-state index in [4.69, 9.17) is 0 Å². The lowest BCUT2D eigenvalue weighted by molar-refractivity contribution is 0.551. The van der Waals surface area contributed by atoms with Gasteiger partial charge in [-0.1, -0.05) is 6.07 Å². The molecule has 0 unspecified atom stereocenters. The molecule has 0 aromatic carbocycles. The molecule has 6 heteroatoms.